The molecule has 0 radical (unpaired) electrons. The van der Waals surface area contributed by atoms with Crippen LogP contribution in [-0.2, 0) is 4.79 Å². The van der Waals surface area contributed by atoms with Crippen LogP contribution in [0.4, 0.5) is 0 Å². The maximum Gasteiger partial charge on any atom is 0.237 e. The molecule has 0 aromatic rings. The Kier molecular flexibility index (Phi) is 5.08. The summed E-state index contributed by atoms with van der Waals surface area (Å²) in [4.78, 5) is 15.0. The molecule has 0 aromatic heterocycles. The molecule has 1 atom stereocenters. The van der Waals surface area contributed by atoms with Gasteiger partial charge in [0.1, 0.15) is 0 Å². The summed E-state index contributed by atoms with van der Waals surface area (Å²) in [5.74, 6) is 0.206. The molecule has 116 valence electrons. The van der Waals surface area contributed by atoms with Crippen LogP contribution in [-0.4, -0.2) is 48.6 Å². The number of hydrogen-bond donors (Lipinski definition) is 2. The summed E-state index contributed by atoms with van der Waals surface area (Å²) in [5.41, 5.74) is 0.0704. The van der Waals surface area contributed by atoms with E-state index in [1.807, 2.05) is 0 Å². The lowest BCUT2D eigenvalue weighted by molar-refractivity contribution is -0.127. The van der Waals surface area contributed by atoms with E-state index in [4.69, 9.17) is 0 Å². The molecule has 2 saturated heterocycles. The van der Waals surface area contributed by atoms with E-state index in [1.165, 1.54) is 6.42 Å². The molecule has 20 heavy (non-hydrogen) atoms. The van der Waals surface area contributed by atoms with E-state index >= 15 is 0 Å². The zero-order chi connectivity index (χ0) is 14.8. The molecule has 0 bridgehead atoms. The van der Waals surface area contributed by atoms with Crippen LogP contribution in [0.2, 0.25) is 0 Å². The van der Waals surface area contributed by atoms with E-state index in [9.17, 15) is 4.79 Å². The monoisotopic (exact) mass is 281 g/mol. The predicted molar refractivity (Wildman–Crippen MR) is 82.7 cm³/mol. The van der Waals surface area contributed by atoms with Crippen LogP contribution in [0.5, 0.6) is 0 Å². The minimum absolute atomic E-state index is 0.0284. The summed E-state index contributed by atoms with van der Waals surface area (Å²) in [6, 6.07) is 0.946. The lowest BCUT2D eigenvalue weighted by atomic mass is 9.77. The molecular weight excluding hydrogens is 250 g/mol. The summed E-state index contributed by atoms with van der Waals surface area (Å²) in [6.07, 6.45) is 4.46. The Morgan fingerprint density at radius 3 is 2.50 bits per heavy atom. The van der Waals surface area contributed by atoms with Gasteiger partial charge in [-0.1, -0.05) is 13.8 Å². The number of rotatable bonds is 3. The van der Waals surface area contributed by atoms with E-state index in [0.29, 0.717) is 12.1 Å². The highest BCUT2D eigenvalue weighted by atomic mass is 16.2. The number of likely N-dealkylation sites (tertiary alicyclic amines) is 1. The van der Waals surface area contributed by atoms with Gasteiger partial charge in [-0.3, -0.25) is 4.79 Å². The fraction of sp³-hybridized carbons (Fsp3) is 0.938. The molecule has 4 heteroatoms. The molecular formula is C16H31N3O. The number of carbonyl (C=O) groups is 1. The topological polar surface area (TPSA) is 44.4 Å². The molecule has 1 amide bonds. The Morgan fingerprint density at radius 1 is 1.30 bits per heavy atom. The van der Waals surface area contributed by atoms with Crippen LogP contribution in [0.3, 0.4) is 0 Å². The minimum atomic E-state index is -0.0284. The second kappa shape index (κ2) is 6.44. The average Bonchev–Trinajstić information content (AvgIpc) is 2.38. The molecule has 2 N–H and O–H groups in total. The van der Waals surface area contributed by atoms with Gasteiger partial charge in [-0.2, -0.15) is 0 Å². The van der Waals surface area contributed by atoms with Gasteiger partial charge in [-0.25, -0.2) is 0 Å². The van der Waals surface area contributed by atoms with E-state index < -0.39 is 0 Å². The van der Waals surface area contributed by atoms with Crippen molar-refractivity contribution in [3.05, 3.63) is 0 Å². The maximum atomic E-state index is 12.5. The summed E-state index contributed by atoms with van der Waals surface area (Å²) in [6.45, 7) is 12.1. The van der Waals surface area contributed by atoms with Gasteiger partial charge < -0.3 is 15.5 Å². The van der Waals surface area contributed by atoms with Crippen molar-refractivity contribution in [2.75, 3.05) is 19.6 Å². The zero-order valence-corrected chi connectivity index (χ0v) is 13.5. The Morgan fingerprint density at radius 2 is 1.95 bits per heavy atom. The third-order valence-electron chi connectivity index (χ3n) is 5.00. The summed E-state index contributed by atoms with van der Waals surface area (Å²) in [5, 5.41) is 6.68. The maximum absolute atomic E-state index is 12.5. The first-order valence-corrected chi connectivity index (χ1v) is 8.18. The summed E-state index contributed by atoms with van der Waals surface area (Å²) < 4.78 is 0. The Bertz CT molecular complexity index is 333. The molecule has 2 heterocycles. The number of nitrogens with one attached hydrogen (secondary N) is 2. The predicted octanol–water partition coefficient (Wildman–Crippen LogP) is 1.75. The largest absolute Gasteiger partial charge is 0.352 e. The van der Waals surface area contributed by atoms with Crippen molar-refractivity contribution in [1.82, 2.24) is 15.5 Å². The Hall–Kier alpha value is -0.610. The Labute approximate surface area is 123 Å². The third kappa shape index (κ3) is 3.73. The summed E-state index contributed by atoms with van der Waals surface area (Å²) >= 11 is 0. The van der Waals surface area contributed by atoms with Crippen molar-refractivity contribution in [2.45, 2.75) is 71.5 Å². The zero-order valence-electron chi connectivity index (χ0n) is 13.5. The van der Waals surface area contributed by atoms with Gasteiger partial charge in [0.15, 0.2) is 0 Å². The number of amides is 1. The molecule has 2 rings (SSSR count). The van der Waals surface area contributed by atoms with E-state index in [-0.39, 0.29) is 17.4 Å². The molecule has 0 spiro atoms. The second-order valence-electron chi connectivity index (χ2n) is 7.39. The highest BCUT2D eigenvalue weighted by molar-refractivity contribution is 5.83. The van der Waals surface area contributed by atoms with Crippen LogP contribution in [0.1, 0.15) is 53.4 Å². The molecule has 1 unspecified atom stereocenters. The van der Waals surface area contributed by atoms with E-state index in [1.54, 1.807) is 0 Å². The van der Waals surface area contributed by atoms with Crippen LogP contribution in [0, 0.1) is 5.41 Å². The lowest BCUT2D eigenvalue weighted by Gasteiger charge is -2.40. The van der Waals surface area contributed by atoms with Gasteiger partial charge in [0.05, 0.1) is 6.04 Å². The SMILES string of the molecule is CC(C)N1CCC(NC(=O)C2NCCCC2(C)C)CC1. The van der Waals surface area contributed by atoms with Crippen molar-refractivity contribution >= 4 is 5.91 Å². The molecule has 2 fully saturated rings. The first-order chi connectivity index (χ1) is 9.40. The van der Waals surface area contributed by atoms with Crippen LogP contribution < -0.4 is 10.6 Å². The van der Waals surface area contributed by atoms with Gasteiger partial charge in [0.25, 0.3) is 0 Å². The molecule has 4 nitrogen and oxygen atoms in total. The van der Waals surface area contributed by atoms with Gasteiger partial charge >= 0.3 is 0 Å². The number of nitrogens with zero attached hydrogens (tertiary/aromatic N) is 1. The molecule has 0 aromatic carbocycles. The highest BCUT2D eigenvalue weighted by Crippen LogP contribution is 2.30. The smallest absolute Gasteiger partial charge is 0.237 e. The average molecular weight is 281 g/mol. The minimum Gasteiger partial charge on any atom is -0.352 e. The molecule has 2 aliphatic rings. The highest BCUT2D eigenvalue weighted by Gasteiger charge is 2.37. The fourth-order valence-corrected chi connectivity index (χ4v) is 3.50. The van der Waals surface area contributed by atoms with Crippen LogP contribution in [0.15, 0.2) is 0 Å². The van der Waals surface area contributed by atoms with Gasteiger partial charge in [0.2, 0.25) is 5.91 Å². The Balaban J connectivity index is 1.83. The molecule has 0 aliphatic carbocycles. The van der Waals surface area contributed by atoms with E-state index in [0.717, 1.165) is 38.9 Å². The van der Waals surface area contributed by atoms with Crippen LogP contribution in [0.25, 0.3) is 0 Å². The van der Waals surface area contributed by atoms with Crippen molar-refractivity contribution in [3.63, 3.8) is 0 Å². The fourth-order valence-electron chi connectivity index (χ4n) is 3.50. The van der Waals surface area contributed by atoms with Crippen molar-refractivity contribution in [2.24, 2.45) is 5.41 Å². The number of piperidine rings is 2. The quantitative estimate of drug-likeness (QED) is 0.828. The molecule has 2 aliphatic heterocycles. The van der Waals surface area contributed by atoms with Crippen molar-refractivity contribution < 1.29 is 4.79 Å². The van der Waals surface area contributed by atoms with Crippen LogP contribution >= 0.6 is 0 Å². The first-order valence-electron chi connectivity index (χ1n) is 8.18. The normalized spacial score (nSPS) is 28.6. The standard InChI is InChI=1S/C16H31N3O/c1-12(2)19-10-6-13(7-11-19)18-15(20)14-16(3,4)8-5-9-17-14/h12-14,17H,5-11H2,1-4H3,(H,18,20). The van der Waals surface area contributed by atoms with Gasteiger partial charge in [0, 0.05) is 25.2 Å². The summed E-state index contributed by atoms with van der Waals surface area (Å²) in [7, 11) is 0. The number of carbonyl (C=O) groups excluding carboxylic acids is 1. The molecule has 0 saturated carbocycles. The van der Waals surface area contributed by atoms with Gasteiger partial charge in [-0.15, -0.1) is 0 Å². The lowest BCUT2D eigenvalue weighted by Crippen LogP contribution is -2.58. The second-order valence-corrected chi connectivity index (χ2v) is 7.39. The van der Waals surface area contributed by atoms with E-state index in [2.05, 4.69) is 43.2 Å². The number of hydrogen-bond acceptors (Lipinski definition) is 3. The first kappa shape index (κ1) is 15.8. The van der Waals surface area contributed by atoms with Crippen molar-refractivity contribution in [3.8, 4) is 0 Å². The van der Waals surface area contributed by atoms with Gasteiger partial charge in [-0.05, 0) is 51.5 Å². The third-order valence-corrected chi connectivity index (χ3v) is 5.00. The van der Waals surface area contributed by atoms with Crippen molar-refractivity contribution in [1.29, 1.82) is 0 Å².